The van der Waals surface area contributed by atoms with Crippen LogP contribution in [0, 0.1) is 0 Å². The van der Waals surface area contributed by atoms with Crippen LogP contribution >= 0.6 is 22.9 Å². The quantitative estimate of drug-likeness (QED) is 0.645. The Kier molecular flexibility index (Phi) is 4.73. The summed E-state index contributed by atoms with van der Waals surface area (Å²) in [5.41, 5.74) is 3.74. The van der Waals surface area contributed by atoms with E-state index >= 15 is 0 Å². The van der Waals surface area contributed by atoms with Gasteiger partial charge in [-0.15, -0.1) is 11.3 Å². The number of fused-ring (bicyclic) bond motifs is 1. The zero-order chi connectivity index (χ0) is 19.2. The minimum Gasteiger partial charge on any atom is -0.322 e. The minimum absolute atomic E-state index is 0.540. The smallest absolute Gasteiger partial charge is 0.232 e. The van der Waals surface area contributed by atoms with Crippen LogP contribution in [0.3, 0.4) is 0 Å². The van der Waals surface area contributed by atoms with Crippen molar-refractivity contribution in [3.05, 3.63) is 51.3 Å². The summed E-state index contributed by atoms with van der Waals surface area (Å²) < 4.78 is 27.4. The van der Waals surface area contributed by atoms with Crippen molar-refractivity contribution in [1.82, 2.24) is 14.5 Å². The van der Waals surface area contributed by atoms with E-state index in [9.17, 15) is 8.42 Å². The maximum atomic E-state index is 12.0. The fourth-order valence-electron chi connectivity index (χ4n) is 3.31. The van der Waals surface area contributed by atoms with Gasteiger partial charge in [-0.3, -0.25) is 4.31 Å². The highest BCUT2D eigenvalue weighted by molar-refractivity contribution is 7.92. The van der Waals surface area contributed by atoms with Crippen molar-refractivity contribution in [3.8, 4) is 11.3 Å². The molecule has 142 valence electrons. The van der Waals surface area contributed by atoms with Crippen LogP contribution < -0.4 is 4.31 Å². The van der Waals surface area contributed by atoms with E-state index < -0.39 is 10.0 Å². The molecule has 4 rings (SSSR count). The molecular weight excluding hydrogens is 404 g/mol. The highest BCUT2D eigenvalue weighted by atomic mass is 35.5. The molecule has 3 aromatic rings. The number of sulfonamides is 1. The number of nitrogens with zero attached hydrogens (tertiary/aromatic N) is 4. The minimum atomic E-state index is -3.25. The predicted octanol–water partition coefficient (Wildman–Crippen LogP) is 3.50. The molecule has 9 heteroatoms. The molecule has 0 saturated carbocycles. The lowest BCUT2D eigenvalue weighted by Crippen LogP contribution is -2.34. The number of imidazole rings is 1. The molecule has 0 saturated heterocycles. The van der Waals surface area contributed by atoms with E-state index in [-0.39, 0.29) is 0 Å². The lowest BCUT2D eigenvalue weighted by Gasteiger charge is -2.29. The molecule has 0 unspecified atom stereocenters. The Morgan fingerprint density at radius 1 is 1.33 bits per heavy atom. The number of thiazole rings is 1. The molecule has 0 aliphatic carbocycles. The van der Waals surface area contributed by atoms with Crippen LogP contribution in [0.4, 0.5) is 5.69 Å². The average molecular weight is 423 g/mol. The molecule has 0 N–H and O–H groups in total. The van der Waals surface area contributed by atoms with Crippen molar-refractivity contribution >= 4 is 38.6 Å². The Labute approximate surface area is 167 Å². The number of benzene rings is 1. The van der Waals surface area contributed by atoms with E-state index in [4.69, 9.17) is 16.6 Å². The maximum absolute atomic E-state index is 12.0. The normalized spacial score (nSPS) is 14.4. The molecule has 1 aliphatic rings. The van der Waals surface area contributed by atoms with Crippen molar-refractivity contribution in [1.29, 1.82) is 0 Å². The van der Waals surface area contributed by atoms with Crippen LogP contribution in [0.2, 0.25) is 5.15 Å². The van der Waals surface area contributed by atoms with Crippen molar-refractivity contribution < 1.29 is 8.42 Å². The van der Waals surface area contributed by atoms with Gasteiger partial charge < -0.3 is 4.57 Å². The third kappa shape index (κ3) is 3.61. The number of aromatic nitrogens is 3. The second-order valence-electron chi connectivity index (χ2n) is 6.64. The molecule has 0 bridgehead atoms. The second-order valence-corrected chi connectivity index (χ2v) is 9.88. The van der Waals surface area contributed by atoms with Crippen LogP contribution in [0.25, 0.3) is 11.3 Å². The largest absolute Gasteiger partial charge is 0.322 e. The van der Waals surface area contributed by atoms with E-state index in [0.29, 0.717) is 18.1 Å². The molecule has 1 aliphatic heterocycles. The van der Waals surface area contributed by atoms with E-state index in [0.717, 1.165) is 46.2 Å². The van der Waals surface area contributed by atoms with Crippen molar-refractivity contribution in [2.45, 2.75) is 19.3 Å². The average Bonchev–Trinajstić information content (AvgIpc) is 3.22. The standard InChI is InChI=1S/C18H19ClN4O2S2/c1-22-16(19)10-20-17(22)9-18-21-14(11-26-18)12-5-6-15-13(8-12)4-3-7-23(15)27(2,24)25/h5-6,8,10-11H,3-4,7,9H2,1-2H3. The van der Waals surface area contributed by atoms with E-state index in [1.54, 1.807) is 17.5 Å². The first-order chi connectivity index (χ1) is 12.8. The van der Waals surface area contributed by atoms with Gasteiger partial charge in [0.2, 0.25) is 10.0 Å². The first-order valence-electron chi connectivity index (χ1n) is 8.54. The SMILES string of the molecule is Cn1c(Cl)cnc1Cc1nc(-c2ccc3c(c2)CCCN3S(C)(=O)=O)cs1. The highest BCUT2D eigenvalue weighted by Crippen LogP contribution is 2.33. The Hall–Kier alpha value is -1.90. The molecule has 6 nitrogen and oxygen atoms in total. The fraction of sp³-hybridized carbons (Fsp3) is 0.333. The predicted molar refractivity (Wildman–Crippen MR) is 109 cm³/mol. The summed E-state index contributed by atoms with van der Waals surface area (Å²) in [5, 5.41) is 3.59. The van der Waals surface area contributed by atoms with E-state index in [1.807, 2.05) is 29.1 Å². The fourth-order valence-corrected chi connectivity index (χ4v) is 5.26. The van der Waals surface area contributed by atoms with Crippen LogP contribution in [0.1, 0.15) is 22.8 Å². The van der Waals surface area contributed by atoms with Gasteiger partial charge in [0.25, 0.3) is 0 Å². The van der Waals surface area contributed by atoms with Gasteiger partial charge >= 0.3 is 0 Å². The highest BCUT2D eigenvalue weighted by Gasteiger charge is 2.24. The molecule has 0 amide bonds. The molecule has 27 heavy (non-hydrogen) atoms. The number of anilines is 1. The van der Waals surface area contributed by atoms with Crippen molar-refractivity contribution in [3.63, 3.8) is 0 Å². The third-order valence-corrected chi connectivity index (χ3v) is 7.12. The van der Waals surface area contributed by atoms with Crippen LogP contribution in [-0.2, 0) is 29.9 Å². The Morgan fingerprint density at radius 2 is 2.15 bits per heavy atom. The monoisotopic (exact) mass is 422 g/mol. The third-order valence-electron chi connectivity index (χ3n) is 4.74. The topological polar surface area (TPSA) is 68.1 Å². The summed E-state index contributed by atoms with van der Waals surface area (Å²) in [6, 6.07) is 5.89. The zero-order valence-corrected chi connectivity index (χ0v) is 17.4. The molecule has 0 atom stereocenters. The number of hydrogen-bond donors (Lipinski definition) is 0. The Balaban J connectivity index is 1.62. The Bertz CT molecular complexity index is 1100. The van der Waals surface area contributed by atoms with Crippen molar-refractivity contribution in [2.75, 3.05) is 17.1 Å². The zero-order valence-electron chi connectivity index (χ0n) is 15.0. The lowest BCUT2D eigenvalue weighted by atomic mass is 10.00. The molecule has 0 radical (unpaired) electrons. The summed E-state index contributed by atoms with van der Waals surface area (Å²) >= 11 is 7.63. The number of halogens is 1. The lowest BCUT2D eigenvalue weighted by molar-refractivity contribution is 0.592. The van der Waals surface area contributed by atoms with Gasteiger partial charge in [-0.25, -0.2) is 18.4 Å². The van der Waals surface area contributed by atoms with Gasteiger partial charge in [-0.1, -0.05) is 17.7 Å². The van der Waals surface area contributed by atoms with Gasteiger partial charge in [-0.2, -0.15) is 0 Å². The second kappa shape index (κ2) is 6.92. The van der Waals surface area contributed by atoms with E-state index in [1.165, 1.54) is 10.6 Å². The molecule has 0 spiro atoms. The summed E-state index contributed by atoms with van der Waals surface area (Å²) in [6.07, 6.45) is 5.22. The molecule has 0 fully saturated rings. The van der Waals surface area contributed by atoms with Gasteiger partial charge in [0.15, 0.2) is 0 Å². The van der Waals surface area contributed by atoms with Gasteiger partial charge in [0.1, 0.15) is 16.0 Å². The van der Waals surface area contributed by atoms with Crippen LogP contribution in [-0.4, -0.2) is 35.8 Å². The maximum Gasteiger partial charge on any atom is 0.232 e. The number of hydrogen-bond acceptors (Lipinski definition) is 5. The number of rotatable bonds is 4. The van der Waals surface area contributed by atoms with E-state index in [2.05, 4.69) is 11.1 Å². The molecular formula is C18H19ClN4O2S2. The molecule has 1 aromatic carbocycles. The van der Waals surface area contributed by atoms with Crippen molar-refractivity contribution in [2.24, 2.45) is 7.05 Å². The van der Waals surface area contributed by atoms with Gasteiger partial charge in [0, 0.05) is 24.5 Å². The molecule has 3 heterocycles. The molecule has 2 aromatic heterocycles. The summed E-state index contributed by atoms with van der Waals surface area (Å²) in [5.74, 6) is 0.870. The summed E-state index contributed by atoms with van der Waals surface area (Å²) in [4.78, 5) is 9.05. The van der Waals surface area contributed by atoms with Gasteiger partial charge in [-0.05, 0) is 30.5 Å². The summed E-state index contributed by atoms with van der Waals surface area (Å²) in [6.45, 7) is 0.540. The first-order valence-corrected chi connectivity index (χ1v) is 11.6. The Morgan fingerprint density at radius 3 is 2.85 bits per heavy atom. The number of aryl methyl sites for hydroxylation is 1. The van der Waals surface area contributed by atoms with Crippen LogP contribution in [0.5, 0.6) is 0 Å². The van der Waals surface area contributed by atoms with Crippen LogP contribution in [0.15, 0.2) is 29.8 Å². The van der Waals surface area contributed by atoms with Gasteiger partial charge in [0.05, 0.1) is 30.3 Å². The first kappa shape index (κ1) is 18.5. The summed E-state index contributed by atoms with van der Waals surface area (Å²) in [7, 11) is -1.36.